The molecule has 1 aromatic rings. The minimum Gasteiger partial charge on any atom is -0.310 e. The zero-order valence-corrected chi connectivity index (χ0v) is 13.1. The zero-order chi connectivity index (χ0) is 13.7. The molecule has 0 radical (unpaired) electrons. The van der Waals surface area contributed by atoms with Crippen LogP contribution in [0, 0.1) is 5.92 Å². The Morgan fingerprint density at radius 1 is 1.21 bits per heavy atom. The summed E-state index contributed by atoms with van der Waals surface area (Å²) in [5.74, 6) is 0.925. The van der Waals surface area contributed by atoms with Crippen molar-refractivity contribution < 1.29 is 0 Å². The van der Waals surface area contributed by atoms with E-state index in [0.717, 1.165) is 23.0 Å². The average Bonchev–Trinajstić information content (AvgIpc) is 2.39. The van der Waals surface area contributed by atoms with E-state index in [1.54, 1.807) is 0 Å². The molecule has 1 aliphatic carbocycles. The summed E-state index contributed by atoms with van der Waals surface area (Å²) in [6.45, 7) is 3.24. The zero-order valence-electron chi connectivity index (χ0n) is 11.6. The molecule has 1 nitrogen and oxygen atoms in total. The summed E-state index contributed by atoms with van der Waals surface area (Å²) in [7, 11) is 0. The highest BCUT2D eigenvalue weighted by Gasteiger charge is 2.14. The number of hydrogen-bond acceptors (Lipinski definition) is 1. The van der Waals surface area contributed by atoms with Crippen molar-refractivity contribution in [2.24, 2.45) is 5.92 Å². The van der Waals surface area contributed by atoms with Crippen LogP contribution in [-0.4, -0.2) is 6.54 Å². The summed E-state index contributed by atoms with van der Waals surface area (Å²) in [6, 6.07) is 6.02. The first-order chi connectivity index (χ1) is 9.16. The quantitative estimate of drug-likeness (QED) is 0.744. The Morgan fingerprint density at radius 3 is 2.63 bits per heavy atom. The van der Waals surface area contributed by atoms with Crippen LogP contribution in [0.3, 0.4) is 0 Å². The molecular formula is C16H23Cl2N. The topological polar surface area (TPSA) is 12.0 Å². The van der Waals surface area contributed by atoms with E-state index in [4.69, 9.17) is 23.2 Å². The van der Waals surface area contributed by atoms with Gasteiger partial charge in [0, 0.05) is 16.1 Å². The molecule has 2 rings (SSSR count). The predicted octanol–water partition coefficient (Wildman–Crippen LogP) is 5.61. The van der Waals surface area contributed by atoms with Crippen molar-refractivity contribution in [1.29, 1.82) is 0 Å². The molecule has 1 fully saturated rings. The molecule has 0 amide bonds. The molecule has 0 aromatic heterocycles. The Morgan fingerprint density at radius 2 is 1.95 bits per heavy atom. The van der Waals surface area contributed by atoms with Crippen LogP contribution in [0.2, 0.25) is 10.0 Å². The van der Waals surface area contributed by atoms with Crippen molar-refractivity contribution in [3.05, 3.63) is 33.8 Å². The minimum atomic E-state index is 0.286. The first-order valence-corrected chi connectivity index (χ1v) is 8.10. The number of benzene rings is 1. The predicted molar refractivity (Wildman–Crippen MR) is 84.1 cm³/mol. The smallest absolute Gasteiger partial charge is 0.0468 e. The van der Waals surface area contributed by atoms with Gasteiger partial charge in [-0.2, -0.15) is 0 Å². The second kappa shape index (κ2) is 7.52. The third-order valence-corrected chi connectivity index (χ3v) is 4.72. The number of nitrogens with one attached hydrogen (secondary N) is 1. The van der Waals surface area contributed by atoms with Gasteiger partial charge in [-0.3, -0.25) is 0 Å². The molecule has 1 atom stereocenters. The first kappa shape index (κ1) is 15.2. The van der Waals surface area contributed by atoms with Gasteiger partial charge in [-0.15, -0.1) is 0 Å². The molecular weight excluding hydrogens is 277 g/mol. The molecule has 0 saturated heterocycles. The Bertz CT molecular complexity index is 400. The van der Waals surface area contributed by atoms with Crippen LogP contribution in [0.5, 0.6) is 0 Å². The monoisotopic (exact) mass is 299 g/mol. The van der Waals surface area contributed by atoms with Crippen LogP contribution in [0.1, 0.15) is 57.1 Å². The highest BCUT2D eigenvalue weighted by molar-refractivity contribution is 6.35. The molecule has 0 bridgehead atoms. The van der Waals surface area contributed by atoms with Gasteiger partial charge in [-0.1, -0.05) is 61.4 Å². The van der Waals surface area contributed by atoms with Crippen molar-refractivity contribution in [1.82, 2.24) is 5.32 Å². The lowest BCUT2D eigenvalue weighted by molar-refractivity contribution is 0.329. The summed E-state index contributed by atoms with van der Waals surface area (Å²) in [5.41, 5.74) is 1.13. The van der Waals surface area contributed by atoms with Gasteiger partial charge in [-0.05, 0) is 43.5 Å². The van der Waals surface area contributed by atoms with E-state index in [1.165, 1.54) is 38.5 Å². The van der Waals surface area contributed by atoms with Crippen molar-refractivity contribution in [2.75, 3.05) is 6.54 Å². The maximum Gasteiger partial charge on any atom is 0.0468 e. The summed E-state index contributed by atoms with van der Waals surface area (Å²) in [6.07, 6.45) is 8.39. The SMILES string of the molecule is CC(NCCC1CCCCC1)c1ccc(Cl)cc1Cl. The number of rotatable bonds is 5. The summed E-state index contributed by atoms with van der Waals surface area (Å²) >= 11 is 12.2. The third kappa shape index (κ3) is 4.66. The summed E-state index contributed by atoms with van der Waals surface area (Å²) < 4.78 is 0. The second-order valence-electron chi connectivity index (χ2n) is 5.63. The fourth-order valence-corrected chi connectivity index (χ4v) is 3.51. The van der Waals surface area contributed by atoms with Gasteiger partial charge in [0.25, 0.3) is 0 Å². The molecule has 1 unspecified atom stereocenters. The molecule has 106 valence electrons. The van der Waals surface area contributed by atoms with Gasteiger partial charge in [-0.25, -0.2) is 0 Å². The first-order valence-electron chi connectivity index (χ1n) is 7.35. The summed E-state index contributed by atoms with van der Waals surface area (Å²) in [5, 5.41) is 5.03. The Balaban J connectivity index is 1.78. The van der Waals surface area contributed by atoms with Crippen molar-refractivity contribution in [3.8, 4) is 0 Å². The van der Waals surface area contributed by atoms with Gasteiger partial charge in [0.15, 0.2) is 0 Å². The normalized spacial score (nSPS) is 18.5. The van der Waals surface area contributed by atoms with Crippen LogP contribution >= 0.6 is 23.2 Å². The maximum atomic E-state index is 6.23. The summed E-state index contributed by atoms with van der Waals surface area (Å²) in [4.78, 5) is 0. The highest BCUT2D eigenvalue weighted by Crippen LogP contribution is 2.28. The van der Waals surface area contributed by atoms with Crippen LogP contribution in [0.25, 0.3) is 0 Å². The van der Waals surface area contributed by atoms with E-state index in [0.29, 0.717) is 5.02 Å². The molecule has 19 heavy (non-hydrogen) atoms. The van der Waals surface area contributed by atoms with E-state index in [-0.39, 0.29) is 6.04 Å². The largest absolute Gasteiger partial charge is 0.310 e. The molecule has 3 heteroatoms. The van der Waals surface area contributed by atoms with Gasteiger partial charge in [0.05, 0.1) is 0 Å². The molecule has 0 heterocycles. The molecule has 1 N–H and O–H groups in total. The van der Waals surface area contributed by atoms with Gasteiger partial charge in [0.1, 0.15) is 0 Å². The fourth-order valence-electron chi connectivity index (χ4n) is 2.94. The van der Waals surface area contributed by atoms with E-state index in [2.05, 4.69) is 12.2 Å². The average molecular weight is 300 g/mol. The Labute approximate surface area is 126 Å². The molecule has 1 saturated carbocycles. The lowest BCUT2D eigenvalue weighted by Gasteiger charge is -2.23. The highest BCUT2D eigenvalue weighted by atomic mass is 35.5. The van der Waals surface area contributed by atoms with Gasteiger partial charge in [0.2, 0.25) is 0 Å². The second-order valence-corrected chi connectivity index (χ2v) is 6.48. The maximum absolute atomic E-state index is 6.23. The fraction of sp³-hybridized carbons (Fsp3) is 0.625. The molecule has 1 aliphatic rings. The van der Waals surface area contributed by atoms with E-state index in [1.807, 2.05) is 18.2 Å². The van der Waals surface area contributed by atoms with Gasteiger partial charge >= 0.3 is 0 Å². The molecule has 0 spiro atoms. The number of hydrogen-bond donors (Lipinski definition) is 1. The third-order valence-electron chi connectivity index (χ3n) is 4.16. The van der Waals surface area contributed by atoms with Crippen LogP contribution in [0.4, 0.5) is 0 Å². The molecule has 0 aliphatic heterocycles. The van der Waals surface area contributed by atoms with Crippen molar-refractivity contribution in [3.63, 3.8) is 0 Å². The van der Waals surface area contributed by atoms with E-state index in [9.17, 15) is 0 Å². The van der Waals surface area contributed by atoms with Crippen molar-refractivity contribution in [2.45, 2.75) is 51.5 Å². The Kier molecular flexibility index (Phi) is 6.00. The van der Waals surface area contributed by atoms with Crippen LogP contribution < -0.4 is 5.32 Å². The Hall–Kier alpha value is -0.240. The van der Waals surface area contributed by atoms with E-state index >= 15 is 0 Å². The lowest BCUT2D eigenvalue weighted by Crippen LogP contribution is -2.22. The standard InChI is InChI=1S/C16H23Cl2N/c1-12(15-8-7-14(17)11-16(15)18)19-10-9-13-5-3-2-4-6-13/h7-8,11-13,19H,2-6,9-10H2,1H3. The van der Waals surface area contributed by atoms with Gasteiger partial charge < -0.3 is 5.32 Å². The van der Waals surface area contributed by atoms with Crippen molar-refractivity contribution >= 4 is 23.2 Å². The van der Waals surface area contributed by atoms with E-state index < -0.39 is 0 Å². The van der Waals surface area contributed by atoms with Crippen LogP contribution in [0.15, 0.2) is 18.2 Å². The number of halogens is 2. The molecule has 1 aromatic carbocycles. The lowest BCUT2D eigenvalue weighted by atomic mass is 9.87. The minimum absolute atomic E-state index is 0.286. The van der Waals surface area contributed by atoms with Crippen LogP contribution in [-0.2, 0) is 0 Å².